The predicted octanol–water partition coefficient (Wildman–Crippen LogP) is 1.04. The summed E-state index contributed by atoms with van der Waals surface area (Å²) < 4.78 is 4.86. The van der Waals surface area contributed by atoms with Gasteiger partial charge in [-0.1, -0.05) is 37.6 Å². The van der Waals surface area contributed by atoms with Crippen molar-refractivity contribution >= 4 is 23.8 Å². The summed E-state index contributed by atoms with van der Waals surface area (Å²) in [5.41, 5.74) is 6.69. The molecule has 3 rings (SSSR count). The highest BCUT2D eigenvalue weighted by atomic mass is 16.7. The molecule has 2 heterocycles. The zero-order chi connectivity index (χ0) is 19.7. The number of nitrogen functional groups attached to an aromatic ring is 1. The number of nitrogens with two attached hydrogens (primary N) is 1. The van der Waals surface area contributed by atoms with Gasteiger partial charge in [-0.25, -0.2) is 4.79 Å². The minimum Gasteiger partial charge on any atom is -0.450 e. The average Bonchev–Trinajstić information content (AvgIpc) is 3.10. The van der Waals surface area contributed by atoms with E-state index in [1.165, 1.54) is 4.90 Å². The first-order valence-electron chi connectivity index (χ1n) is 8.80. The van der Waals surface area contributed by atoms with Crippen LogP contribution >= 0.6 is 0 Å². The molecule has 9 heteroatoms. The molecule has 0 spiro atoms. The van der Waals surface area contributed by atoms with Crippen molar-refractivity contribution in [3.8, 4) is 0 Å². The Balaban J connectivity index is 1.93. The molecule has 1 aromatic carbocycles. The molecule has 5 N–H and O–H groups in total. The number of likely N-dealkylation sites (tertiary alicyclic amines) is 1. The van der Waals surface area contributed by atoms with Gasteiger partial charge in [-0.15, -0.1) is 0 Å². The first-order chi connectivity index (χ1) is 12.8. The van der Waals surface area contributed by atoms with Crippen LogP contribution in [0.4, 0.5) is 4.79 Å². The van der Waals surface area contributed by atoms with E-state index in [2.05, 4.69) is 5.32 Å². The fourth-order valence-corrected chi connectivity index (χ4v) is 3.75. The molecular weight excluding hydrogens is 352 g/mol. The van der Waals surface area contributed by atoms with Crippen LogP contribution in [0.2, 0.25) is 0 Å². The summed E-state index contributed by atoms with van der Waals surface area (Å²) in [6.45, 7) is 2.28. The van der Waals surface area contributed by atoms with Crippen LogP contribution in [-0.2, 0) is 14.3 Å². The van der Waals surface area contributed by atoms with Crippen molar-refractivity contribution in [1.29, 1.82) is 5.41 Å². The van der Waals surface area contributed by atoms with E-state index in [9.17, 15) is 14.4 Å². The van der Waals surface area contributed by atoms with Crippen molar-refractivity contribution in [2.24, 2.45) is 17.6 Å². The van der Waals surface area contributed by atoms with Crippen LogP contribution in [0.3, 0.4) is 0 Å². The normalized spacial score (nSPS) is 26.9. The zero-order valence-electron chi connectivity index (χ0n) is 14.8. The molecule has 0 radical (unpaired) electrons. The molecule has 0 aliphatic carbocycles. The van der Waals surface area contributed by atoms with Gasteiger partial charge in [0, 0.05) is 18.2 Å². The van der Waals surface area contributed by atoms with Crippen molar-refractivity contribution in [1.82, 2.24) is 10.2 Å². The second-order valence-electron chi connectivity index (χ2n) is 6.72. The number of ether oxygens (including phenoxy) is 1. The molecule has 0 aromatic heterocycles. The fourth-order valence-electron chi connectivity index (χ4n) is 3.75. The number of amidine groups is 1. The van der Waals surface area contributed by atoms with Gasteiger partial charge in [0.2, 0.25) is 11.8 Å². The second kappa shape index (κ2) is 7.36. The molecule has 4 unspecified atom stereocenters. The van der Waals surface area contributed by atoms with Gasteiger partial charge < -0.3 is 15.6 Å². The predicted molar refractivity (Wildman–Crippen MR) is 94.8 cm³/mol. The van der Waals surface area contributed by atoms with E-state index in [4.69, 9.17) is 21.0 Å². The lowest BCUT2D eigenvalue weighted by molar-refractivity contribution is -0.141. The van der Waals surface area contributed by atoms with Crippen LogP contribution in [0.5, 0.6) is 0 Å². The first-order valence-corrected chi connectivity index (χ1v) is 8.80. The van der Waals surface area contributed by atoms with Gasteiger partial charge in [-0.2, -0.15) is 0 Å². The van der Waals surface area contributed by atoms with E-state index in [-0.39, 0.29) is 11.7 Å². The number of rotatable bonds is 6. The summed E-state index contributed by atoms with van der Waals surface area (Å²) in [6.07, 6.45) is -1.08. The minimum absolute atomic E-state index is 0.0799. The SMILES string of the molecule is CCCCN1C(=O)C2C(OC(=O)O)NC(c3ccc(C(=N)N)cc3)C2C1=O. The van der Waals surface area contributed by atoms with E-state index in [1.807, 2.05) is 6.92 Å². The Morgan fingerprint density at radius 1 is 1.26 bits per heavy atom. The lowest BCUT2D eigenvalue weighted by Gasteiger charge is -2.22. The molecule has 2 aliphatic rings. The fraction of sp³-hybridized carbons (Fsp3) is 0.444. The third-order valence-corrected chi connectivity index (χ3v) is 5.06. The number of nitrogens with zero attached hydrogens (tertiary/aromatic N) is 1. The molecule has 9 nitrogen and oxygen atoms in total. The smallest absolute Gasteiger partial charge is 0.450 e. The Hall–Kier alpha value is -2.94. The van der Waals surface area contributed by atoms with Gasteiger partial charge in [-0.3, -0.25) is 25.2 Å². The number of carbonyl (C=O) groups excluding carboxylic acids is 2. The highest BCUT2D eigenvalue weighted by molar-refractivity contribution is 6.06. The van der Waals surface area contributed by atoms with Gasteiger partial charge >= 0.3 is 6.16 Å². The third kappa shape index (κ3) is 3.37. The third-order valence-electron chi connectivity index (χ3n) is 5.06. The lowest BCUT2D eigenvalue weighted by atomic mass is 9.88. The van der Waals surface area contributed by atoms with E-state index >= 15 is 0 Å². The standard InChI is InChI=1S/C18H22N4O5/c1-2-3-8-22-16(23)11-12(17(22)24)15(27-18(25)26)21-13(11)9-4-6-10(7-5-9)14(19)20/h4-7,11-13,15,21H,2-3,8H2,1H3,(H3,19,20)(H,25,26). The van der Waals surface area contributed by atoms with Crippen LogP contribution in [0, 0.1) is 17.2 Å². The van der Waals surface area contributed by atoms with Crippen molar-refractivity contribution in [3.63, 3.8) is 0 Å². The van der Waals surface area contributed by atoms with Crippen LogP contribution in [0.25, 0.3) is 0 Å². The summed E-state index contributed by atoms with van der Waals surface area (Å²) in [5, 5.41) is 19.4. The summed E-state index contributed by atoms with van der Waals surface area (Å²) in [4.78, 5) is 37.9. The maximum Gasteiger partial charge on any atom is 0.507 e. The first kappa shape index (κ1) is 18.8. The van der Waals surface area contributed by atoms with Gasteiger partial charge in [0.15, 0.2) is 6.23 Å². The van der Waals surface area contributed by atoms with Crippen LogP contribution in [0.15, 0.2) is 24.3 Å². The van der Waals surface area contributed by atoms with Crippen molar-refractivity contribution in [3.05, 3.63) is 35.4 Å². The second-order valence-corrected chi connectivity index (χ2v) is 6.72. The molecular formula is C18H22N4O5. The van der Waals surface area contributed by atoms with Gasteiger partial charge in [-0.05, 0) is 12.0 Å². The Bertz CT molecular complexity index is 778. The summed E-state index contributed by atoms with van der Waals surface area (Å²) in [6, 6.07) is 6.15. The maximum absolute atomic E-state index is 12.9. The van der Waals surface area contributed by atoms with Crippen LogP contribution in [-0.4, -0.2) is 46.6 Å². The Labute approximate surface area is 156 Å². The topological polar surface area (TPSA) is 146 Å². The van der Waals surface area contributed by atoms with Gasteiger partial charge in [0.05, 0.1) is 5.92 Å². The summed E-state index contributed by atoms with van der Waals surface area (Å²) >= 11 is 0. The Morgan fingerprint density at radius 3 is 2.44 bits per heavy atom. The Morgan fingerprint density at radius 2 is 1.89 bits per heavy atom. The molecule has 2 saturated heterocycles. The zero-order valence-corrected chi connectivity index (χ0v) is 14.8. The van der Waals surface area contributed by atoms with Gasteiger partial charge in [0.25, 0.3) is 0 Å². The molecule has 1 aromatic rings. The molecule has 144 valence electrons. The highest BCUT2D eigenvalue weighted by Gasteiger charge is 2.60. The number of amides is 2. The number of carbonyl (C=O) groups is 3. The monoisotopic (exact) mass is 374 g/mol. The molecule has 4 atom stereocenters. The van der Waals surface area contributed by atoms with E-state index in [1.54, 1.807) is 24.3 Å². The number of carboxylic acid groups (broad SMARTS) is 1. The Kier molecular flexibility index (Phi) is 5.13. The van der Waals surface area contributed by atoms with E-state index in [0.29, 0.717) is 24.1 Å². The van der Waals surface area contributed by atoms with Crippen LogP contribution in [0.1, 0.15) is 36.9 Å². The largest absolute Gasteiger partial charge is 0.507 e. The molecule has 0 bridgehead atoms. The number of fused-ring (bicyclic) bond motifs is 1. The van der Waals surface area contributed by atoms with Gasteiger partial charge in [0.1, 0.15) is 11.8 Å². The lowest BCUT2D eigenvalue weighted by Crippen LogP contribution is -2.41. The average molecular weight is 374 g/mol. The van der Waals surface area contributed by atoms with Crippen molar-refractivity contribution in [2.45, 2.75) is 32.0 Å². The number of nitrogens with one attached hydrogen (secondary N) is 2. The number of imide groups is 1. The maximum atomic E-state index is 12.9. The number of hydrogen-bond donors (Lipinski definition) is 4. The molecule has 2 aliphatic heterocycles. The summed E-state index contributed by atoms with van der Waals surface area (Å²) in [7, 11) is 0. The molecule has 27 heavy (non-hydrogen) atoms. The van der Waals surface area contributed by atoms with E-state index < -0.39 is 36.2 Å². The summed E-state index contributed by atoms with van der Waals surface area (Å²) in [5.74, 6) is -2.42. The highest BCUT2D eigenvalue weighted by Crippen LogP contribution is 2.44. The van der Waals surface area contributed by atoms with Crippen molar-refractivity contribution < 1.29 is 24.2 Å². The number of unbranched alkanes of at least 4 members (excludes halogenated alkanes) is 1. The quantitative estimate of drug-likeness (QED) is 0.252. The molecule has 0 saturated carbocycles. The minimum atomic E-state index is -1.51. The number of benzene rings is 1. The van der Waals surface area contributed by atoms with E-state index in [0.717, 1.165) is 6.42 Å². The van der Waals surface area contributed by atoms with Crippen molar-refractivity contribution in [2.75, 3.05) is 6.54 Å². The number of hydrogen-bond acceptors (Lipinski definition) is 6. The molecule has 2 amide bonds. The molecule has 2 fully saturated rings. The van der Waals surface area contributed by atoms with Crippen LogP contribution < -0.4 is 11.1 Å².